The van der Waals surface area contributed by atoms with Gasteiger partial charge < -0.3 is 15.8 Å². The zero-order valence-corrected chi connectivity index (χ0v) is 11.1. The predicted molar refractivity (Wildman–Crippen MR) is 71.9 cm³/mol. The molecule has 4 heteroatoms. The molecule has 0 unspecified atom stereocenters. The molecule has 100 valence electrons. The first kappa shape index (κ1) is 14.7. The standard InChI is InChI=1S/C14H22N2O2/c1-11(2)13(15)14(17)16-8-9-18-10-12-6-4-3-5-7-12/h3-7,11,13H,8-10,15H2,1-2H3,(H,16,17)/t13-/m0/s1. The summed E-state index contributed by atoms with van der Waals surface area (Å²) in [4.78, 5) is 11.5. The second-order valence-electron chi connectivity index (χ2n) is 4.60. The van der Waals surface area contributed by atoms with Crippen LogP contribution in [-0.4, -0.2) is 25.1 Å². The molecule has 1 aromatic rings. The largest absolute Gasteiger partial charge is 0.375 e. The fourth-order valence-corrected chi connectivity index (χ4v) is 1.43. The minimum absolute atomic E-state index is 0.117. The van der Waals surface area contributed by atoms with Crippen LogP contribution < -0.4 is 11.1 Å². The highest BCUT2D eigenvalue weighted by atomic mass is 16.5. The lowest BCUT2D eigenvalue weighted by Gasteiger charge is -2.15. The number of carbonyl (C=O) groups is 1. The van der Waals surface area contributed by atoms with Crippen LogP contribution in [0.25, 0.3) is 0 Å². The normalized spacial score (nSPS) is 12.4. The van der Waals surface area contributed by atoms with E-state index in [0.717, 1.165) is 5.56 Å². The summed E-state index contributed by atoms with van der Waals surface area (Å²) in [5, 5.41) is 2.76. The maximum atomic E-state index is 11.5. The van der Waals surface area contributed by atoms with E-state index in [0.29, 0.717) is 19.8 Å². The van der Waals surface area contributed by atoms with Crippen molar-refractivity contribution in [1.82, 2.24) is 5.32 Å². The Bertz CT molecular complexity index is 352. The predicted octanol–water partition coefficient (Wildman–Crippen LogP) is 1.30. The van der Waals surface area contributed by atoms with Gasteiger partial charge >= 0.3 is 0 Å². The van der Waals surface area contributed by atoms with Crippen LogP contribution in [0.3, 0.4) is 0 Å². The number of benzene rings is 1. The van der Waals surface area contributed by atoms with Crippen molar-refractivity contribution in [2.24, 2.45) is 11.7 Å². The van der Waals surface area contributed by atoms with E-state index in [4.69, 9.17) is 10.5 Å². The van der Waals surface area contributed by atoms with Gasteiger partial charge in [0.05, 0.1) is 19.3 Å². The first-order valence-electron chi connectivity index (χ1n) is 6.26. The molecule has 0 fully saturated rings. The van der Waals surface area contributed by atoms with Crippen LogP contribution in [0.15, 0.2) is 30.3 Å². The topological polar surface area (TPSA) is 64.4 Å². The van der Waals surface area contributed by atoms with Gasteiger partial charge in [-0.05, 0) is 11.5 Å². The Balaban J connectivity index is 2.11. The van der Waals surface area contributed by atoms with Crippen molar-refractivity contribution in [3.63, 3.8) is 0 Å². The van der Waals surface area contributed by atoms with Crippen LogP contribution in [0.2, 0.25) is 0 Å². The van der Waals surface area contributed by atoms with Gasteiger partial charge in [0.1, 0.15) is 0 Å². The van der Waals surface area contributed by atoms with E-state index in [1.165, 1.54) is 0 Å². The third-order valence-electron chi connectivity index (χ3n) is 2.68. The van der Waals surface area contributed by atoms with Gasteiger partial charge in [-0.15, -0.1) is 0 Å². The highest BCUT2D eigenvalue weighted by Crippen LogP contribution is 2.00. The third-order valence-corrected chi connectivity index (χ3v) is 2.68. The SMILES string of the molecule is CC(C)[C@H](N)C(=O)NCCOCc1ccccc1. The first-order valence-corrected chi connectivity index (χ1v) is 6.26. The van der Waals surface area contributed by atoms with Crippen LogP contribution >= 0.6 is 0 Å². The summed E-state index contributed by atoms with van der Waals surface area (Å²) in [6.07, 6.45) is 0. The maximum absolute atomic E-state index is 11.5. The molecule has 0 heterocycles. The summed E-state index contributed by atoms with van der Waals surface area (Å²) in [5.41, 5.74) is 6.84. The molecule has 4 nitrogen and oxygen atoms in total. The van der Waals surface area contributed by atoms with Crippen LogP contribution in [0.5, 0.6) is 0 Å². The van der Waals surface area contributed by atoms with Crippen molar-refractivity contribution >= 4 is 5.91 Å². The number of nitrogens with one attached hydrogen (secondary N) is 1. The summed E-state index contributed by atoms with van der Waals surface area (Å²) < 4.78 is 5.45. The van der Waals surface area contributed by atoms with Crippen molar-refractivity contribution < 1.29 is 9.53 Å². The molecule has 1 aromatic carbocycles. The lowest BCUT2D eigenvalue weighted by Crippen LogP contribution is -2.44. The molecule has 18 heavy (non-hydrogen) atoms. The monoisotopic (exact) mass is 250 g/mol. The fraction of sp³-hybridized carbons (Fsp3) is 0.500. The van der Waals surface area contributed by atoms with Crippen molar-refractivity contribution in [3.05, 3.63) is 35.9 Å². The molecule has 0 saturated carbocycles. The van der Waals surface area contributed by atoms with E-state index in [1.54, 1.807) is 0 Å². The Morgan fingerprint density at radius 2 is 2.00 bits per heavy atom. The van der Waals surface area contributed by atoms with Gasteiger partial charge in [0.15, 0.2) is 0 Å². The summed E-state index contributed by atoms with van der Waals surface area (Å²) in [6.45, 7) is 5.40. The number of carbonyl (C=O) groups excluding carboxylic acids is 1. The van der Waals surface area contributed by atoms with Crippen molar-refractivity contribution in [2.45, 2.75) is 26.5 Å². The van der Waals surface area contributed by atoms with Crippen LogP contribution in [0, 0.1) is 5.92 Å². The minimum atomic E-state index is -0.445. The van der Waals surface area contributed by atoms with Gasteiger partial charge in [0.25, 0.3) is 0 Å². The molecule has 0 bridgehead atoms. The Morgan fingerprint density at radius 1 is 1.33 bits per heavy atom. The average Bonchev–Trinajstić information content (AvgIpc) is 2.38. The lowest BCUT2D eigenvalue weighted by atomic mass is 10.1. The average molecular weight is 250 g/mol. The van der Waals surface area contributed by atoms with Crippen molar-refractivity contribution in [3.8, 4) is 0 Å². The zero-order valence-electron chi connectivity index (χ0n) is 11.1. The maximum Gasteiger partial charge on any atom is 0.237 e. The van der Waals surface area contributed by atoms with E-state index < -0.39 is 6.04 Å². The van der Waals surface area contributed by atoms with Crippen molar-refractivity contribution in [1.29, 1.82) is 0 Å². The van der Waals surface area contributed by atoms with Crippen LogP contribution in [0.1, 0.15) is 19.4 Å². The molecule has 3 N–H and O–H groups in total. The van der Waals surface area contributed by atoms with Gasteiger partial charge in [-0.3, -0.25) is 4.79 Å². The van der Waals surface area contributed by atoms with Gasteiger partial charge in [-0.25, -0.2) is 0 Å². The first-order chi connectivity index (χ1) is 8.61. The summed E-state index contributed by atoms with van der Waals surface area (Å²) in [6, 6.07) is 9.49. The van der Waals surface area contributed by atoms with E-state index >= 15 is 0 Å². The molecular formula is C14H22N2O2. The zero-order chi connectivity index (χ0) is 13.4. The lowest BCUT2D eigenvalue weighted by molar-refractivity contribution is -0.123. The number of nitrogens with two attached hydrogens (primary N) is 1. The molecule has 1 amide bonds. The summed E-state index contributed by atoms with van der Waals surface area (Å²) in [7, 11) is 0. The fourth-order valence-electron chi connectivity index (χ4n) is 1.43. The van der Waals surface area contributed by atoms with E-state index in [2.05, 4.69) is 5.32 Å². The molecule has 0 radical (unpaired) electrons. The Labute approximate surface area is 109 Å². The van der Waals surface area contributed by atoms with Crippen molar-refractivity contribution in [2.75, 3.05) is 13.2 Å². The smallest absolute Gasteiger partial charge is 0.237 e. The molecule has 0 aliphatic rings. The quantitative estimate of drug-likeness (QED) is 0.717. The summed E-state index contributed by atoms with van der Waals surface area (Å²) in [5.74, 6) is 0.0311. The summed E-state index contributed by atoms with van der Waals surface area (Å²) >= 11 is 0. The molecule has 1 atom stereocenters. The second-order valence-corrected chi connectivity index (χ2v) is 4.60. The number of rotatable bonds is 7. The van der Waals surface area contributed by atoms with E-state index in [-0.39, 0.29) is 11.8 Å². The van der Waals surface area contributed by atoms with Gasteiger partial charge in [0.2, 0.25) is 5.91 Å². The van der Waals surface area contributed by atoms with E-state index in [9.17, 15) is 4.79 Å². The Kier molecular flexibility index (Phi) is 6.39. The van der Waals surface area contributed by atoms with Crippen LogP contribution in [-0.2, 0) is 16.1 Å². The number of ether oxygens (including phenoxy) is 1. The minimum Gasteiger partial charge on any atom is -0.375 e. The molecule has 0 aromatic heterocycles. The molecule has 0 spiro atoms. The highest BCUT2D eigenvalue weighted by Gasteiger charge is 2.15. The molecule has 0 aliphatic heterocycles. The van der Waals surface area contributed by atoms with Gasteiger partial charge in [-0.2, -0.15) is 0 Å². The van der Waals surface area contributed by atoms with Gasteiger partial charge in [0, 0.05) is 6.54 Å². The Morgan fingerprint density at radius 3 is 2.61 bits per heavy atom. The molecule has 0 aliphatic carbocycles. The second kappa shape index (κ2) is 7.84. The third kappa shape index (κ3) is 5.29. The molecule has 1 rings (SSSR count). The highest BCUT2D eigenvalue weighted by molar-refractivity contribution is 5.81. The number of hydrogen-bond donors (Lipinski definition) is 2. The van der Waals surface area contributed by atoms with E-state index in [1.807, 2.05) is 44.2 Å². The number of hydrogen-bond acceptors (Lipinski definition) is 3. The molecular weight excluding hydrogens is 228 g/mol. The van der Waals surface area contributed by atoms with Crippen LogP contribution in [0.4, 0.5) is 0 Å². The van der Waals surface area contributed by atoms with Gasteiger partial charge in [-0.1, -0.05) is 44.2 Å². The number of amides is 1. The Hall–Kier alpha value is -1.39. The molecule has 0 saturated heterocycles.